The summed E-state index contributed by atoms with van der Waals surface area (Å²) < 4.78 is 37.9. The van der Waals surface area contributed by atoms with Crippen LogP contribution in [0.3, 0.4) is 0 Å². The monoisotopic (exact) mass is 386 g/mol. The number of carbonyl (C=O) groups is 1. The zero-order valence-electron chi connectivity index (χ0n) is 14.6. The van der Waals surface area contributed by atoms with Gasteiger partial charge in [-0.25, -0.2) is 18.1 Å². The molecule has 0 saturated heterocycles. The van der Waals surface area contributed by atoms with Gasteiger partial charge in [0.1, 0.15) is 5.69 Å². The molecule has 27 heavy (non-hydrogen) atoms. The van der Waals surface area contributed by atoms with Gasteiger partial charge in [-0.05, 0) is 12.1 Å². The zero-order chi connectivity index (χ0) is 19.3. The molecule has 0 unspecified atom stereocenters. The zero-order valence-corrected chi connectivity index (χ0v) is 15.4. The minimum atomic E-state index is -3.84. The molecule has 3 rings (SSSR count). The quantitative estimate of drug-likeness (QED) is 0.626. The molecule has 7 nitrogen and oxygen atoms in total. The summed E-state index contributed by atoms with van der Waals surface area (Å²) in [5.74, 6) is -0.157. The van der Waals surface area contributed by atoms with Gasteiger partial charge in [-0.3, -0.25) is 4.79 Å². The van der Waals surface area contributed by atoms with Crippen molar-refractivity contribution < 1.29 is 22.4 Å². The third kappa shape index (κ3) is 4.53. The van der Waals surface area contributed by atoms with Crippen molar-refractivity contribution in [1.29, 1.82) is 0 Å². The number of rotatable bonds is 7. The van der Waals surface area contributed by atoms with Crippen molar-refractivity contribution in [1.82, 2.24) is 4.98 Å². The molecule has 1 heterocycles. The largest absolute Gasteiger partial charge is 0.469 e. The smallest absolute Gasteiger partial charge is 0.306 e. The second-order valence-corrected chi connectivity index (χ2v) is 7.33. The predicted octanol–water partition coefficient (Wildman–Crippen LogP) is 3.25. The van der Waals surface area contributed by atoms with Crippen molar-refractivity contribution in [2.45, 2.75) is 17.7 Å². The molecule has 3 aromatic rings. The Balaban J connectivity index is 1.95. The van der Waals surface area contributed by atoms with Crippen molar-refractivity contribution in [3.63, 3.8) is 0 Å². The van der Waals surface area contributed by atoms with Crippen molar-refractivity contribution in [2.75, 3.05) is 11.8 Å². The number of esters is 1. The van der Waals surface area contributed by atoms with E-state index in [0.717, 1.165) is 0 Å². The molecule has 0 atom stereocenters. The second kappa shape index (κ2) is 8.05. The molecule has 0 aliphatic carbocycles. The Kier molecular flexibility index (Phi) is 5.56. The summed E-state index contributed by atoms with van der Waals surface area (Å²) in [5.41, 5.74) is 1.05. The van der Waals surface area contributed by atoms with Crippen LogP contribution in [0.5, 0.6) is 0 Å². The lowest BCUT2D eigenvalue weighted by atomic mass is 10.2. The van der Waals surface area contributed by atoms with E-state index in [1.54, 1.807) is 30.3 Å². The maximum Gasteiger partial charge on any atom is 0.306 e. The van der Waals surface area contributed by atoms with Gasteiger partial charge in [-0.1, -0.05) is 48.5 Å². The molecular weight excluding hydrogens is 368 g/mol. The van der Waals surface area contributed by atoms with E-state index in [0.29, 0.717) is 11.3 Å². The highest BCUT2D eigenvalue weighted by atomic mass is 32.2. The third-order valence-electron chi connectivity index (χ3n) is 3.77. The lowest BCUT2D eigenvalue weighted by Gasteiger charge is -2.06. The first-order valence-corrected chi connectivity index (χ1v) is 9.68. The molecule has 0 aliphatic rings. The Bertz CT molecular complexity index is 1010. The molecule has 0 fully saturated rings. The summed E-state index contributed by atoms with van der Waals surface area (Å²) in [4.78, 5) is 15.8. The number of aromatic nitrogens is 1. The van der Waals surface area contributed by atoms with E-state index in [-0.39, 0.29) is 29.5 Å². The van der Waals surface area contributed by atoms with Gasteiger partial charge >= 0.3 is 5.97 Å². The maximum atomic E-state index is 12.6. The lowest BCUT2D eigenvalue weighted by molar-refractivity contribution is -0.140. The summed E-state index contributed by atoms with van der Waals surface area (Å²) in [5, 5.41) is 0. The Labute approximate surface area is 157 Å². The van der Waals surface area contributed by atoms with E-state index in [1.807, 2.05) is 18.2 Å². The molecule has 0 spiro atoms. The fourth-order valence-corrected chi connectivity index (χ4v) is 3.44. The van der Waals surface area contributed by atoms with Crippen molar-refractivity contribution in [2.24, 2.45) is 0 Å². The molecule has 0 amide bonds. The summed E-state index contributed by atoms with van der Waals surface area (Å²) >= 11 is 0. The summed E-state index contributed by atoms with van der Waals surface area (Å²) in [6, 6.07) is 17.0. The molecule has 0 saturated carbocycles. The molecule has 2 aromatic carbocycles. The van der Waals surface area contributed by atoms with Gasteiger partial charge in [0.2, 0.25) is 5.88 Å². The number of aryl methyl sites for hydroxylation is 1. The fourth-order valence-electron chi connectivity index (χ4n) is 2.42. The van der Waals surface area contributed by atoms with Crippen molar-refractivity contribution in [3.05, 3.63) is 66.6 Å². The first kappa shape index (κ1) is 18.7. The van der Waals surface area contributed by atoms with Crippen LogP contribution in [0.1, 0.15) is 12.3 Å². The van der Waals surface area contributed by atoms with E-state index in [4.69, 9.17) is 4.42 Å². The average molecular weight is 386 g/mol. The number of nitrogens with one attached hydrogen (secondary N) is 1. The van der Waals surface area contributed by atoms with Crippen LogP contribution in [0.4, 0.5) is 5.88 Å². The number of hydrogen-bond acceptors (Lipinski definition) is 6. The highest BCUT2D eigenvalue weighted by Crippen LogP contribution is 2.30. The Morgan fingerprint density at radius 1 is 1.07 bits per heavy atom. The number of carbonyl (C=O) groups excluding carboxylic acids is 1. The second-order valence-electron chi connectivity index (χ2n) is 5.65. The molecule has 0 radical (unpaired) electrons. The van der Waals surface area contributed by atoms with Gasteiger partial charge < -0.3 is 9.15 Å². The first-order chi connectivity index (χ1) is 13.0. The van der Waals surface area contributed by atoms with Gasteiger partial charge in [0.25, 0.3) is 10.0 Å². The highest BCUT2D eigenvalue weighted by Gasteiger charge is 2.22. The van der Waals surface area contributed by atoms with E-state index in [1.165, 1.54) is 19.2 Å². The number of nitrogens with zero attached hydrogens (tertiary/aromatic N) is 1. The SMILES string of the molecule is COC(=O)CCc1nc(-c2ccccc2)c(NS(=O)(=O)c2ccccc2)o1. The minimum Gasteiger partial charge on any atom is -0.469 e. The van der Waals surface area contributed by atoms with E-state index >= 15 is 0 Å². The molecule has 1 aromatic heterocycles. The highest BCUT2D eigenvalue weighted by molar-refractivity contribution is 7.92. The molecule has 1 N–H and O–H groups in total. The molecule has 8 heteroatoms. The van der Waals surface area contributed by atoms with Crippen LogP contribution in [0.25, 0.3) is 11.3 Å². The number of ether oxygens (including phenoxy) is 1. The standard InChI is InChI=1S/C19H18N2O5S/c1-25-17(22)13-12-16-20-18(14-8-4-2-5-9-14)19(26-16)21-27(23,24)15-10-6-3-7-11-15/h2-11,21H,12-13H2,1H3. The average Bonchev–Trinajstić information content (AvgIpc) is 3.09. The van der Waals surface area contributed by atoms with E-state index < -0.39 is 16.0 Å². The molecule has 0 aliphatic heterocycles. The van der Waals surface area contributed by atoms with E-state index in [9.17, 15) is 13.2 Å². The third-order valence-corrected chi connectivity index (χ3v) is 5.12. The molecular formula is C19H18N2O5S. The van der Waals surface area contributed by atoms with Gasteiger partial charge in [-0.15, -0.1) is 0 Å². The van der Waals surface area contributed by atoms with Gasteiger partial charge in [0.05, 0.1) is 18.4 Å². The Morgan fingerprint density at radius 2 is 1.70 bits per heavy atom. The number of sulfonamides is 1. The van der Waals surface area contributed by atoms with Gasteiger partial charge in [0.15, 0.2) is 5.89 Å². The maximum absolute atomic E-state index is 12.6. The number of oxazole rings is 1. The van der Waals surface area contributed by atoms with Crippen LogP contribution in [0.15, 0.2) is 70.0 Å². The Hall–Kier alpha value is -3.13. The van der Waals surface area contributed by atoms with Crippen LogP contribution in [-0.2, 0) is 26.0 Å². The van der Waals surface area contributed by atoms with E-state index in [2.05, 4.69) is 14.4 Å². The molecule has 140 valence electrons. The minimum absolute atomic E-state index is 0.00455. The molecule has 0 bridgehead atoms. The van der Waals surface area contributed by atoms with Crippen LogP contribution in [0, 0.1) is 0 Å². The van der Waals surface area contributed by atoms with Crippen molar-refractivity contribution in [3.8, 4) is 11.3 Å². The van der Waals surface area contributed by atoms with Crippen molar-refractivity contribution >= 4 is 21.9 Å². The van der Waals surface area contributed by atoms with Crippen LogP contribution in [0.2, 0.25) is 0 Å². The number of anilines is 1. The summed E-state index contributed by atoms with van der Waals surface area (Å²) in [6.07, 6.45) is 0.274. The number of benzene rings is 2. The summed E-state index contributed by atoms with van der Waals surface area (Å²) in [7, 11) is -2.54. The van der Waals surface area contributed by atoms with Gasteiger partial charge in [0, 0.05) is 12.0 Å². The predicted molar refractivity (Wildman–Crippen MR) is 99.5 cm³/mol. The Morgan fingerprint density at radius 3 is 2.33 bits per heavy atom. The number of methoxy groups -OCH3 is 1. The van der Waals surface area contributed by atoms with Crippen LogP contribution in [-0.4, -0.2) is 26.5 Å². The summed E-state index contributed by atoms with van der Waals surface area (Å²) in [6.45, 7) is 0. The fraction of sp³-hybridized carbons (Fsp3) is 0.158. The van der Waals surface area contributed by atoms with Crippen LogP contribution < -0.4 is 4.72 Å². The topological polar surface area (TPSA) is 98.5 Å². The normalized spacial score (nSPS) is 11.1. The lowest BCUT2D eigenvalue weighted by Crippen LogP contribution is -2.12. The number of hydrogen-bond donors (Lipinski definition) is 1. The first-order valence-electron chi connectivity index (χ1n) is 8.19. The van der Waals surface area contributed by atoms with Gasteiger partial charge in [-0.2, -0.15) is 0 Å². The van der Waals surface area contributed by atoms with Crippen LogP contribution >= 0.6 is 0 Å².